The van der Waals surface area contributed by atoms with Gasteiger partial charge in [0.1, 0.15) is 0 Å². The summed E-state index contributed by atoms with van der Waals surface area (Å²) in [6.45, 7) is -1.62. The molecule has 0 bridgehead atoms. The number of ether oxygens (including phenoxy) is 1. The van der Waals surface area contributed by atoms with Crippen LogP contribution >= 0.6 is 0 Å². The lowest BCUT2D eigenvalue weighted by atomic mass is 10.0. The molecule has 0 aromatic carbocycles. The standard InChI is InChI=1S/C25H49NO3.C18H35N3O2.C12H18O4.CH3F/c1-3-5-7-9-10-11-12-13-14-15-16-17-18-20-24(28)23(22-27)26-25(29)21-19-8-6-4-2;1-2-3-4-5-6-7-8-9-10-11-12-13-14-15-18(23)17(16-22)20-21-19;1-2-3-4-5-6-11(15)16-12-9(13)7-8-10(12)14;1-2/h18,20,23-24,27-28H,3-17,19,21-22H2,1-2H3,(H,26,29);14-15,17-18,22-23H,2-13,16H2,1H3;12H,2-8H2,1H3;1H3/b20-18+;15-14+;;/t23-,24+;17-,18+;;/m00../s1/i2D3,4D2;;1D3,2D2;1D. The van der Waals surface area contributed by atoms with Gasteiger partial charge in [-0.2, -0.15) is 0 Å². The molecule has 0 unspecified atom stereocenters. The number of carbonyl (C=O) groups excluding carboxylic acids is 4. The molecule has 0 aliphatic heterocycles. The number of rotatable bonds is 43. The maximum atomic E-state index is 12.1. The third-order valence-electron chi connectivity index (χ3n) is 11.7. The highest BCUT2D eigenvalue weighted by Crippen LogP contribution is 2.17. The van der Waals surface area contributed by atoms with Crippen LogP contribution < -0.4 is 5.32 Å². The molecule has 5 N–H and O–H groups in total. The number of halogens is 1. The summed E-state index contributed by atoms with van der Waals surface area (Å²) in [5.74, 6) is -1.84. The van der Waals surface area contributed by atoms with Crippen LogP contribution in [-0.2, 0) is 23.9 Å². The first-order valence-electron chi connectivity index (χ1n) is 32.3. The summed E-state index contributed by atoms with van der Waals surface area (Å²) in [5.41, 5.74) is 8.31. The van der Waals surface area contributed by atoms with Gasteiger partial charge >= 0.3 is 5.97 Å². The van der Waals surface area contributed by atoms with Crippen molar-refractivity contribution < 1.29 is 63.8 Å². The highest BCUT2D eigenvalue weighted by molar-refractivity contribution is 6.12. The van der Waals surface area contributed by atoms with Gasteiger partial charge in [-0.15, -0.1) is 0 Å². The molecule has 1 rings (SSSR count). The smallest absolute Gasteiger partial charge is 0.306 e. The zero-order chi connectivity index (χ0) is 62.0. The van der Waals surface area contributed by atoms with E-state index in [9.17, 15) is 38.9 Å². The first kappa shape index (κ1) is 51.7. The van der Waals surface area contributed by atoms with E-state index in [1.807, 2.05) is 12.2 Å². The Morgan fingerprint density at radius 3 is 1.49 bits per heavy atom. The Morgan fingerprint density at radius 2 is 1.09 bits per heavy atom. The van der Waals surface area contributed by atoms with Crippen LogP contribution in [0.4, 0.5) is 4.39 Å². The van der Waals surface area contributed by atoms with Crippen molar-refractivity contribution in [3.05, 3.63) is 34.7 Å². The van der Waals surface area contributed by atoms with Gasteiger partial charge < -0.3 is 30.5 Å². The van der Waals surface area contributed by atoms with E-state index in [2.05, 4.69) is 29.2 Å². The first-order valence-corrected chi connectivity index (χ1v) is 26.6. The van der Waals surface area contributed by atoms with E-state index < -0.39 is 88.1 Å². The fourth-order valence-electron chi connectivity index (χ4n) is 7.38. The normalized spacial score (nSPS) is 17.2. The molecule has 70 heavy (non-hydrogen) atoms. The number of Topliss-reactive ketones (excluding diaryl/α,β-unsaturated/α-hetero) is 2. The summed E-state index contributed by atoms with van der Waals surface area (Å²) >= 11 is 0. The van der Waals surface area contributed by atoms with E-state index in [0.29, 0.717) is 6.42 Å². The molecule has 410 valence electrons. The van der Waals surface area contributed by atoms with E-state index in [-0.39, 0.29) is 70.3 Å². The van der Waals surface area contributed by atoms with E-state index >= 15 is 0 Å². The predicted molar refractivity (Wildman–Crippen MR) is 285 cm³/mol. The number of amides is 1. The van der Waals surface area contributed by atoms with Crippen molar-refractivity contribution in [2.75, 3.05) is 20.4 Å². The van der Waals surface area contributed by atoms with Gasteiger partial charge in [-0.05, 0) is 44.1 Å². The highest BCUT2D eigenvalue weighted by Gasteiger charge is 2.35. The van der Waals surface area contributed by atoms with Crippen molar-refractivity contribution in [3.63, 3.8) is 0 Å². The van der Waals surface area contributed by atoms with Gasteiger partial charge in [0.15, 0.2) is 11.6 Å². The van der Waals surface area contributed by atoms with Gasteiger partial charge in [-0.3, -0.25) is 23.6 Å². The third kappa shape index (κ3) is 47.2. The molecule has 0 aromatic rings. The average molecular weight is 1010 g/mol. The van der Waals surface area contributed by atoms with Crippen LogP contribution in [0.2, 0.25) is 0 Å². The van der Waals surface area contributed by atoms with Gasteiger partial charge in [0.25, 0.3) is 0 Å². The lowest BCUT2D eigenvalue weighted by molar-refractivity contribution is -0.157. The third-order valence-corrected chi connectivity index (χ3v) is 11.7. The molecule has 1 fully saturated rings. The van der Waals surface area contributed by atoms with Crippen LogP contribution in [0.15, 0.2) is 29.4 Å². The van der Waals surface area contributed by atoms with E-state index in [0.717, 1.165) is 32.1 Å². The Morgan fingerprint density at radius 1 is 0.686 bits per heavy atom. The number of aliphatic hydroxyl groups excluding tert-OH is 4. The van der Waals surface area contributed by atoms with Crippen molar-refractivity contribution in [2.45, 2.75) is 289 Å². The molecule has 0 radical (unpaired) electrons. The average Bonchev–Trinajstić information content (AvgIpc) is 3.72. The molecule has 0 aromatic heterocycles. The summed E-state index contributed by atoms with van der Waals surface area (Å²) in [4.78, 5) is 48.7. The van der Waals surface area contributed by atoms with Gasteiger partial charge in [-0.1, -0.05) is 224 Å². The van der Waals surface area contributed by atoms with Crippen LogP contribution in [0.1, 0.15) is 274 Å². The number of hydrogen-bond acceptors (Lipinski definition) is 10. The molecule has 13 nitrogen and oxygen atoms in total. The number of nitrogens with one attached hydrogen (secondary N) is 1. The number of azide groups is 1. The number of hydrogen-bond donors (Lipinski definition) is 5. The molecular weight excluding hydrogens is 892 g/mol. The van der Waals surface area contributed by atoms with E-state index in [1.165, 1.54) is 122 Å². The number of carbonyl (C=O) groups is 4. The summed E-state index contributed by atoms with van der Waals surface area (Å²) < 4.78 is 92.9. The topological polar surface area (TPSA) is 219 Å². The summed E-state index contributed by atoms with van der Waals surface area (Å²) in [5, 5.41) is 44.4. The van der Waals surface area contributed by atoms with E-state index in [4.69, 9.17) is 30.5 Å². The zero-order valence-corrected chi connectivity index (χ0v) is 43.4. The molecule has 4 atom stereocenters. The Kier molecular flexibility index (Phi) is 41.9. The highest BCUT2D eigenvalue weighted by atomic mass is 19.1. The number of nitrogens with zero attached hydrogens (tertiary/aromatic N) is 3. The summed E-state index contributed by atoms with van der Waals surface area (Å²) in [7, 11) is -1.00. The van der Waals surface area contributed by atoms with Crippen LogP contribution in [0.5, 0.6) is 0 Å². The molecule has 1 aliphatic carbocycles. The summed E-state index contributed by atoms with van der Waals surface area (Å²) in [6.07, 6.45) is 30.6. The second-order valence-electron chi connectivity index (χ2n) is 17.9. The maximum Gasteiger partial charge on any atom is 0.306 e. The molecule has 0 saturated heterocycles. The van der Waals surface area contributed by atoms with Crippen molar-refractivity contribution >= 4 is 23.4 Å². The van der Waals surface area contributed by atoms with E-state index in [1.54, 1.807) is 12.2 Å². The molecule has 14 heteroatoms. The maximum absolute atomic E-state index is 12.1. The number of aliphatic hydroxyl groups is 4. The van der Waals surface area contributed by atoms with Crippen LogP contribution in [0, 0.1) is 0 Å². The molecule has 0 heterocycles. The van der Waals surface area contributed by atoms with Gasteiger partial charge in [0.05, 0.1) is 46.0 Å². The van der Waals surface area contributed by atoms with Gasteiger partial charge in [-0.25, -0.2) is 0 Å². The second kappa shape index (κ2) is 56.8. The minimum Gasteiger partial charge on any atom is -0.446 e. The van der Waals surface area contributed by atoms with Crippen molar-refractivity contribution in [1.82, 2.24) is 5.32 Å². The number of alkyl halides is 1. The van der Waals surface area contributed by atoms with Crippen LogP contribution in [0.3, 0.4) is 0 Å². The fraction of sp³-hybridized carbons (Fsp3) is 0.857. The van der Waals surface area contributed by atoms with Crippen molar-refractivity contribution in [3.8, 4) is 0 Å². The van der Waals surface area contributed by atoms with Crippen LogP contribution in [0.25, 0.3) is 10.4 Å². The Bertz CT molecular complexity index is 1690. The number of allylic oxidation sites excluding steroid dienone is 2. The molecule has 1 amide bonds. The SMILES string of the molecule is CCCCCCCCCCCCC/C=C/[C@@H](O)[C@H](CO)N=[N+]=[N-].[2H]C([2H])([2H])C([2H])([2H])CCCCC(=O)N[C@@H](CO)[C@H](O)/C=C/CCCCCCCCCCCCC.[2H]C([2H])([2H])C([2H])([2H])CCCCC(=O)OC1C(=O)CCC1=O.[2H]CF. The van der Waals surface area contributed by atoms with Crippen molar-refractivity contribution in [2.24, 2.45) is 5.11 Å². The van der Waals surface area contributed by atoms with Crippen LogP contribution in [-0.4, -0.2) is 94.6 Å². The molecule has 0 spiro atoms. The number of ketones is 2. The second-order valence-corrected chi connectivity index (χ2v) is 17.9. The number of unbranched alkanes of at least 4 members (excludes halogenated alkanes) is 24. The fourth-order valence-corrected chi connectivity index (χ4v) is 7.38. The molecule has 1 aliphatic rings. The monoisotopic (exact) mass is 1010 g/mol. The first-order chi connectivity index (χ1) is 38.3. The minimum atomic E-state index is -2.70. The molecular formula is C56H105FN4O9. The Balaban J connectivity index is -0.00000114. The lowest BCUT2D eigenvalue weighted by Crippen LogP contribution is -2.45. The molecule has 1 saturated carbocycles. The minimum absolute atomic E-state index is 0.0753. The zero-order valence-electron chi connectivity index (χ0n) is 54.4. The Hall–Kier alpha value is -3.16. The van der Waals surface area contributed by atoms with Crippen molar-refractivity contribution in [1.29, 1.82) is 0 Å². The van der Waals surface area contributed by atoms with Gasteiger partial charge in [0.2, 0.25) is 12.0 Å². The Labute approximate surface area is 441 Å². The van der Waals surface area contributed by atoms with Gasteiger partial charge in [0, 0.05) is 44.3 Å². The quantitative estimate of drug-likeness (QED) is 0.00745. The predicted octanol–water partition coefficient (Wildman–Crippen LogP) is 13.7. The number of esters is 1. The largest absolute Gasteiger partial charge is 0.446 e. The summed E-state index contributed by atoms with van der Waals surface area (Å²) in [6, 6.07) is -1.58. The lowest BCUT2D eigenvalue weighted by Gasteiger charge is -2.19.